The second-order valence-electron chi connectivity index (χ2n) is 5.39. The highest BCUT2D eigenvalue weighted by Gasteiger charge is 2.36. The Labute approximate surface area is 124 Å². The van der Waals surface area contributed by atoms with Crippen molar-refractivity contribution in [2.45, 2.75) is 24.8 Å². The van der Waals surface area contributed by atoms with Crippen LogP contribution in [-0.2, 0) is 15.1 Å². The van der Waals surface area contributed by atoms with Gasteiger partial charge >= 0.3 is 0 Å². The molecule has 1 amide bonds. The van der Waals surface area contributed by atoms with Gasteiger partial charge in [0.05, 0.1) is 23.8 Å². The van der Waals surface area contributed by atoms with E-state index in [1.807, 2.05) is 36.7 Å². The fourth-order valence-corrected chi connectivity index (χ4v) is 2.87. The standard InChI is InChI=1S/C16H19N3O2/c20-15(18-14-4-3-7-17-13-14)12-16(5-10-21-11-6-16)19-8-1-2-9-19/h1-4,7-9,13H,5-6,10-12H2,(H,18,20). The molecule has 0 unspecified atom stereocenters. The Morgan fingerprint density at radius 3 is 2.71 bits per heavy atom. The first-order valence-electron chi connectivity index (χ1n) is 7.20. The molecule has 0 spiro atoms. The summed E-state index contributed by atoms with van der Waals surface area (Å²) in [5, 5.41) is 2.92. The normalized spacial score (nSPS) is 17.3. The Balaban J connectivity index is 1.74. The molecule has 0 bridgehead atoms. The number of anilines is 1. The van der Waals surface area contributed by atoms with Crippen molar-refractivity contribution in [1.29, 1.82) is 0 Å². The van der Waals surface area contributed by atoms with Crippen LogP contribution in [0.25, 0.3) is 0 Å². The quantitative estimate of drug-likeness (QED) is 0.938. The van der Waals surface area contributed by atoms with E-state index in [0.29, 0.717) is 19.6 Å². The van der Waals surface area contributed by atoms with E-state index < -0.39 is 0 Å². The maximum absolute atomic E-state index is 12.4. The van der Waals surface area contributed by atoms with Gasteiger partial charge < -0.3 is 14.6 Å². The molecule has 1 saturated heterocycles. The Morgan fingerprint density at radius 2 is 2.05 bits per heavy atom. The smallest absolute Gasteiger partial charge is 0.226 e. The minimum absolute atomic E-state index is 0.0126. The molecule has 5 nitrogen and oxygen atoms in total. The highest BCUT2D eigenvalue weighted by atomic mass is 16.5. The summed E-state index contributed by atoms with van der Waals surface area (Å²) in [5.41, 5.74) is 0.547. The second-order valence-corrected chi connectivity index (χ2v) is 5.39. The fourth-order valence-electron chi connectivity index (χ4n) is 2.87. The molecule has 110 valence electrons. The van der Waals surface area contributed by atoms with Gasteiger partial charge in [-0.1, -0.05) is 0 Å². The van der Waals surface area contributed by atoms with Gasteiger partial charge in [0.1, 0.15) is 0 Å². The Bertz CT molecular complexity index is 575. The van der Waals surface area contributed by atoms with Gasteiger partial charge in [-0.05, 0) is 37.1 Å². The van der Waals surface area contributed by atoms with E-state index in [-0.39, 0.29) is 11.4 Å². The van der Waals surface area contributed by atoms with Crippen molar-refractivity contribution in [3.63, 3.8) is 0 Å². The molecule has 3 heterocycles. The maximum atomic E-state index is 12.4. The summed E-state index contributed by atoms with van der Waals surface area (Å²) in [6.45, 7) is 1.39. The lowest BCUT2D eigenvalue weighted by Crippen LogP contribution is -2.42. The molecule has 0 atom stereocenters. The van der Waals surface area contributed by atoms with Crippen LogP contribution in [0.15, 0.2) is 49.1 Å². The molecule has 3 rings (SSSR count). The van der Waals surface area contributed by atoms with Gasteiger partial charge in [-0.15, -0.1) is 0 Å². The monoisotopic (exact) mass is 285 g/mol. The Morgan fingerprint density at radius 1 is 1.29 bits per heavy atom. The Hall–Kier alpha value is -2.14. The highest BCUT2D eigenvalue weighted by molar-refractivity contribution is 5.91. The fraction of sp³-hybridized carbons (Fsp3) is 0.375. The first-order valence-corrected chi connectivity index (χ1v) is 7.20. The number of aromatic nitrogens is 2. The minimum atomic E-state index is -0.186. The zero-order valence-corrected chi connectivity index (χ0v) is 11.9. The van der Waals surface area contributed by atoms with Crippen LogP contribution in [0, 0.1) is 0 Å². The molecule has 1 aliphatic heterocycles. The van der Waals surface area contributed by atoms with Gasteiger partial charge in [0.15, 0.2) is 0 Å². The van der Waals surface area contributed by atoms with Crippen molar-refractivity contribution >= 4 is 11.6 Å². The first kappa shape index (κ1) is 13.8. The number of amides is 1. The lowest BCUT2D eigenvalue weighted by molar-refractivity contribution is -0.119. The predicted octanol–water partition coefficient (Wildman–Crippen LogP) is 2.42. The first-order chi connectivity index (χ1) is 10.3. The van der Waals surface area contributed by atoms with Crippen molar-refractivity contribution < 1.29 is 9.53 Å². The van der Waals surface area contributed by atoms with Crippen molar-refractivity contribution in [3.8, 4) is 0 Å². The molecule has 2 aromatic heterocycles. The van der Waals surface area contributed by atoms with E-state index >= 15 is 0 Å². The third-order valence-corrected chi connectivity index (χ3v) is 4.01. The molecule has 0 radical (unpaired) electrons. The van der Waals surface area contributed by atoms with Crippen molar-refractivity contribution in [2.24, 2.45) is 0 Å². The van der Waals surface area contributed by atoms with Crippen LogP contribution in [0.3, 0.4) is 0 Å². The molecular formula is C16H19N3O2. The van der Waals surface area contributed by atoms with Crippen LogP contribution in [0.4, 0.5) is 5.69 Å². The molecule has 1 fully saturated rings. The largest absolute Gasteiger partial charge is 0.381 e. The van der Waals surface area contributed by atoms with E-state index in [4.69, 9.17) is 4.74 Å². The number of hydrogen-bond donors (Lipinski definition) is 1. The lowest BCUT2D eigenvalue weighted by atomic mass is 9.86. The van der Waals surface area contributed by atoms with E-state index in [1.54, 1.807) is 12.4 Å². The van der Waals surface area contributed by atoms with Crippen LogP contribution in [0.5, 0.6) is 0 Å². The second kappa shape index (κ2) is 6.10. The average molecular weight is 285 g/mol. The number of pyridine rings is 1. The third kappa shape index (κ3) is 3.13. The van der Waals surface area contributed by atoms with Gasteiger partial charge in [-0.25, -0.2) is 0 Å². The number of carbonyl (C=O) groups is 1. The van der Waals surface area contributed by atoms with Crippen LogP contribution in [-0.4, -0.2) is 28.7 Å². The van der Waals surface area contributed by atoms with Gasteiger partial charge in [0, 0.05) is 31.8 Å². The van der Waals surface area contributed by atoms with Crippen molar-refractivity contribution in [3.05, 3.63) is 49.1 Å². The molecule has 2 aromatic rings. The SMILES string of the molecule is O=C(CC1(n2cccc2)CCOCC1)Nc1cccnc1. The number of nitrogens with one attached hydrogen (secondary N) is 1. The zero-order valence-electron chi connectivity index (χ0n) is 11.9. The molecule has 21 heavy (non-hydrogen) atoms. The van der Waals surface area contributed by atoms with Crippen molar-refractivity contribution in [1.82, 2.24) is 9.55 Å². The highest BCUT2D eigenvalue weighted by Crippen LogP contribution is 2.33. The van der Waals surface area contributed by atoms with E-state index in [9.17, 15) is 4.79 Å². The van der Waals surface area contributed by atoms with Crippen LogP contribution in [0.2, 0.25) is 0 Å². The summed E-state index contributed by atoms with van der Waals surface area (Å²) in [6.07, 6.45) is 9.55. The summed E-state index contributed by atoms with van der Waals surface area (Å²) in [6, 6.07) is 7.65. The van der Waals surface area contributed by atoms with Gasteiger partial charge in [0.2, 0.25) is 5.91 Å². The molecule has 0 aromatic carbocycles. The minimum Gasteiger partial charge on any atom is -0.381 e. The summed E-state index contributed by atoms with van der Waals surface area (Å²) in [7, 11) is 0. The van der Waals surface area contributed by atoms with Crippen LogP contribution < -0.4 is 5.32 Å². The third-order valence-electron chi connectivity index (χ3n) is 4.01. The zero-order chi connectivity index (χ0) is 14.5. The number of rotatable bonds is 4. The van der Waals surface area contributed by atoms with Crippen LogP contribution >= 0.6 is 0 Å². The number of carbonyl (C=O) groups excluding carboxylic acids is 1. The van der Waals surface area contributed by atoms with E-state index in [1.165, 1.54) is 0 Å². The number of nitrogens with zero attached hydrogens (tertiary/aromatic N) is 2. The molecule has 0 saturated carbocycles. The average Bonchev–Trinajstić information content (AvgIpc) is 3.04. The van der Waals surface area contributed by atoms with Crippen LogP contribution in [0.1, 0.15) is 19.3 Å². The maximum Gasteiger partial charge on any atom is 0.226 e. The number of ether oxygens (including phenoxy) is 1. The molecule has 0 aliphatic carbocycles. The van der Waals surface area contributed by atoms with Gasteiger partial charge in [0.25, 0.3) is 0 Å². The van der Waals surface area contributed by atoms with Gasteiger partial charge in [-0.3, -0.25) is 9.78 Å². The molecule has 1 aliphatic rings. The topological polar surface area (TPSA) is 56.1 Å². The summed E-state index contributed by atoms with van der Waals surface area (Å²) >= 11 is 0. The Kier molecular flexibility index (Phi) is 4.01. The van der Waals surface area contributed by atoms with Gasteiger partial charge in [-0.2, -0.15) is 0 Å². The molecular weight excluding hydrogens is 266 g/mol. The number of hydrogen-bond acceptors (Lipinski definition) is 3. The summed E-state index contributed by atoms with van der Waals surface area (Å²) in [5.74, 6) is 0.0126. The van der Waals surface area contributed by atoms with E-state index in [2.05, 4.69) is 14.9 Å². The predicted molar refractivity (Wildman–Crippen MR) is 79.9 cm³/mol. The lowest BCUT2D eigenvalue weighted by Gasteiger charge is -2.38. The summed E-state index contributed by atoms with van der Waals surface area (Å²) in [4.78, 5) is 16.4. The van der Waals surface area contributed by atoms with Crippen molar-refractivity contribution in [2.75, 3.05) is 18.5 Å². The molecule has 5 heteroatoms. The van der Waals surface area contributed by atoms with E-state index in [0.717, 1.165) is 18.5 Å². The molecule has 1 N–H and O–H groups in total. The summed E-state index contributed by atoms with van der Waals surface area (Å²) < 4.78 is 7.62.